The molecule has 3 rings (SSSR count). The normalized spacial score (nSPS) is 11.3. The molecule has 0 aliphatic heterocycles. The fourth-order valence-corrected chi connectivity index (χ4v) is 2.90. The molecule has 106 valence electrons. The predicted octanol–water partition coefficient (Wildman–Crippen LogP) is 4.51. The van der Waals surface area contributed by atoms with Gasteiger partial charge in [-0.05, 0) is 60.4 Å². The van der Waals surface area contributed by atoms with Crippen LogP contribution in [0, 0.1) is 11.7 Å². The van der Waals surface area contributed by atoms with Gasteiger partial charge in [-0.1, -0.05) is 11.6 Å². The minimum atomic E-state index is 0.449. The molecule has 0 fully saturated rings. The molecule has 0 aliphatic carbocycles. The number of aromatic nitrogens is 3. The van der Waals surface area contributed by atoms with E-state index in [4.69, 9.17) is 23.8 Å². The van der Waals surface area contributed by atoms with E-state index in [-0.39, 0.29) is 0 Å². The van der Waals surface area contributed by atoms with Crippen LogP contribution >= 0.6 is 35.2 Å². The van der Waals surface area contributed by atoms with Crippen molar-refractivity contribution in [3.63, 3.8) is 0 Å². The molecule has 0 radical (unpaired) electrons. The molecule has 4 nitrogen and oxygen atoms in total. The van der Waals surface area contributed by atoms with Gasteiger partial charge in [-0.15, -0.1) is 11.3 Å². The highest BCUT2D eigenvalue weighted by Gasteiger charge is 2.08. The van der Waals surface area contributed by atoms with Crippen LogP contribution in [0.5, 0.6) is 0 Å². The van der Waals surface area contributed by atoms with Crippen LogP contribution in [0.4, 0.5) is 0 Å². The van der Waals surface area contributed by atoms with Gasteiger partial charge in [-0.2, -0.15) is 14.9 Å². The third kappa shape index (κ3) is 2.97. The number of H-pyrrole nitrogens is 1. The zero-order chi connectivity index (χ0) is 14.8. The summed E-state index contributed by atoms with van der Waals surface area (Å²) >= 11 is 12.8. The first-order valence-corrected chi connectivity index (χ1v) is 7.83. The standard InChI is InChI=1S/C14H11ClN4S2/c1-9-6-7-21-12(9)8-16-19-13(17-18-14(19)20)10-2-4-11(15)5-3-10/h2-8H,1H3,(H,18,20). The van der Waals surface area contributed by atoms with Gasteiger partial charge in [0.15, 0.2) is 5.82 Å². The second-order valence-corrected chi connectivity index (χ2v) is 6.15. The van der Waals surface area contributed by atoms with Crippen molar-refractivity contribution in [1.29, 1.82) is 0 Å². The van der Waals surface area contributed by atoms with Crippen LogP contribution in [0.2, 0.25) is 5.02 Å². The molecule has 3 aromatic rings. The number of halogens is 1. The molecule has 0 atom stereocenters. The third-order valence-electron chi connectivity index (χ3n) is 2.95. The maximum atomic E-state index is 5.91. The first-order chi connectivity index (χ1) is 10.1. The highest BCUT2D eigenvalue weighted by molar-refractivity contribution is 7.71. The SMILES string of the molecule is Cc1ccsc1C=Nn1c(-c2ccc(Cl)cc2)n[nH]c1=S. The summed E-state index contributed by atoms with van der Waals surface area (Å²) in [6.07, 6.45) is 1.80. The average molecular weight is 335 g/mol. The predicted molar refractivity (Wildman–Crippen MR) is 89.9 cm³/mol. The third-order valence-corrected chi connectivity index (χ3v) is 4.41. The van der Waals surface area contributed by atoms with Gasteiger partial charge in [0.2, 0.25) is 4.77 Å². The average Bonchev–Trinajstić information content (AvgIpc) is 3.04. The van der Waals surface area contributed by atoms with Crippen LogP contribution in [0.25, 0.3) is 11.4 Å². The quantitative estimate of drug-likeness (QED) is 0.565. The van der Waals surface area contributed by atoms with E-state index in [2.05, 4.69) is 21.4 Å². The fourth-order valence-electron chi connectivity index (χ4n) is 1.81. The summed E-state index contributed by atoms with van der Waals surface area (Å²) in [7, 11) is 0. The summed E-state index contributed by atoms with van der Waals surface area (Å²) in [4.78, 5) is 1.10. The Kier molecular flexibility index (Phi) is 4.01. The lowest BCUT2D eigenvalue weighted by Crippen LogP contribution is -1.94. The number of benzene rings is 1. The number of aryl methyl sites for hydroxylation is 1. The molecule has 7 heteroatoms. The first kappa shape index (κ1) is 14.2. The molecule has 1 N–H and O–H groups in total. The van der Waals surface area contributed by atoms with Crippen molar-refractivity contribution in [3.05, 3.63) is 55.9 Å². The van der Waals surface area contributed by atoms with E-state index in [9.17, 15) is 0 Å². The number of nitrogens with one attached hydrogen (secondary N) is 1. The van der Waals surface area contributed by atoms with Crippen molar-refractivity contribution in [2.75, 3.05) is 0 Å². The topological polar surface area (TPSA) is 46.0 Å². The van der Waals surface area contributed by atoms with Crippen molar-refractivity contribution in [1.82, 2.24) is 14.9 Å². The van der Waals surface area contributed by atoms with Crippen LogP contribution in [-0.4, -0.2) is 21.1 Å². The van der Waals surface area contributed by atoms with E-state index in [0.29, 0.717) is 15.6 Å². The van der Waals surface area contributed by atoms with Crippen molar-refractivity contribution in [2.24, 2.45) is 5.10 Å². The molecule has 2 heterocycles. The minimum absolute atomic E-state index is 0.449. The molecular weight excluding hydrogens is 324 g/mol. The van der Waals surface area contributed by atoms with Crippen molar-refractivity contribution in [2.45, 2.75) is 6.92 Å². The Hall–Kier alpha value is -1.76. The Morgan fingerprint density at radius 2 is 2.10 bits per heavy atom. The van der Waals surface area contributed by atoms with Gasteiger partial charge >= 0.3 is 0 Å². The Labute approximate surface area is 135 Å². The van der Waals surface area contributed by atoms with E-state index in [1.807, 2.05) is 36.6 Å². The Morgan fingerprint density at radius 3 is 2.76 bits per heavy atom. The van der Waals surface area contributed by atoms with Gasteiger partial charge in [0.05, 0.1) is 11.1 Å². The molecule has 21 heavy (non-hydrogen) atoms. The lowest BCUT2D eigenvalue weighted by Gasteiger charge is -2.01. The van der Waals surface area contributed by atoms with Gasteiger partial charge in [-0.3, -0.25) is 0 Å². The zero-order valence-corrected chi connectivity index (χ0v) is 13.5. The zero-order valence-electron chi connectivity index (χ0n) is 11.1. The molecule has 0 amide bonds. The first-order valence-electron chi connectivity index (χ1n) is 6.17. The molecule has 0 spiro atoms. The van der Waals surface area contributed by atoms with E-state index >= 15 is 0 Å². The van der Waals surface area contributed by atoms with Crippen LogP contribution in [0.15, 0.2) is 40.8 Å². The van der Waals surface area contributed by atoms with Crippen LogP contribution in [0.3, 0.4) is 0 Å². The van der Waals surface area contributed by atoms with E-state index in [0.717, 1.165) is 10.4 Å². The number of hydrogen-bond donors (Lipinski definition) is 1. The summed E-state index contributed by atoms with van der Waals surface area (Å²) < 4.78 is 2.06. The fraction of sp³-hybridized carbons (Fsp3) is 0.0714. The second-order valence-electron chi connectivity index (χ2n) is 4.38. The van der Waals surface area contributed by atoms with Crippen molar-refractivity contribution in [3.8, 4) is 11.4 Å². The van der Waals surface area contributed by atoms with Gasteiger partial charge in [-0.25, -0.2) is 5.10 Å². The maximum Gasteiger partial charge on any atom is 0.216 e. The molecular formula is C14H11ClN4S2. The summed E-state index contributed by atoms with van der Waals surface area (Å²) in [5, 5.41) is 14.1. The molecule has 1 aromatic carbocycles. The summed E-state index contributed by atoms with van der Waals surface area (Å²) in [5.41, 5.74) is 2.08. The van der Waals surface area contributed by atoms with Gasteiger partial charge < -0.3 is 0 Å². The molecule has 0 unspecified atom stereocenters. The molecule has 0 saturated heterocycles. The van der Waals surface area contributed by atoms with E-state index in [1.54, 1.807) is 22.2 Å². The monoisotopic (exact) mass is 334 g/mol. The number of rotatable bonds is 3. The van der Waals surface area contributed by atoms with Gasteiger partial charge in [0.25, 0.3) is 0 Å². The summed E-state index contributed by atoms with van der Waals surface area (Å²) in [6.45, 7) is 2.05. The van der Waals surface area contributed by atoms with Crippen LogP contribution in [0.1, 0.15) is 10.4 Å². The number of nitrogens with zero attached hydrogens (tertiary/aromatic N) is 3. The molecule has 0 bridgehead atoms. The van der Waals surface area contributed by atoms with E-state index < -0.39 is 0 Å². The molecule has 2 aromatic heterocycles. The summed E-state index contributed by atoms with van der Waals surface area (Å²) in [6, 6.07) is 9.45. The Morgan fingerprint density at radius 1 is 1.33 bits per heavy atom. The summed E-state index contributed by atoms with van der Waals surface area (Å²) in [5.74, 6) is 0.655. The smallest absolute Gasteiger partial charge is 0.216 e. The van der Waals surface area contributed by atoms with Gasteiger partial charge in [0.1, 0.15) is 0 Å². The lowest BCUT2D eigenvalue weighted by molar-refractivity contribution is 0.872. The highest BCUT2D eigenvalue weighted by Crippen LogP contribution is 2.20. The van der Waals surface area contributed by atoms with Crippen molar-refractivity contribution < 1.29 is 0 Å². The Balaban J connectivity index is 2.02. The van der Waals surface area contributed by atoms with Crippen LogP contribution in [-0.2, 0) is 0 Å². The molecule has 0 aliphatic rings. The van der Waals surface area contributed by atoms with E-state index in [1.165, 1.54) is 5.56 Å². The van der Waals surface area contributed by atoms with Gasteiger partial charge in [0, 0.05) is 10.6 Å². The Bertz CT molecular complexity index is 842. The van der Waals surface area contributed by atoms with Crippen LogP contribution < -0.4 is 0 Å². The lowest BCUT2D eigenvalue weighted by atomic mass is 10.2. The number of thiophene rings is 1. The van der Waals surface area contributed by atoms with Crippen molar-refractivity contribution >= 4 is 41.4 Å². The minimum Gasteiger partial charge on any atom is -0.250 e. The largest absolute Gasteiger partial charge is 0.250 e. The number of hydrogen-bond acceptors (Lipinski definition) is 4. The maximum absolute atomic E-state index is 5.91. The number of aromatic amines is 1. The molecule has 0 saturated carbocycles. The second kappa shape index (κ2) is 5.93. The highest BCUT2D eigenvalue weighted by atomic mass is 35.5.